The Morgan fingerprint density at radius 1 is 0.765 bits per heavy atom. The first kappa shape index (κ1) is 9.85. The highest BCUT2D eigenvalue weighted by Crippen LogP contribution is 2.24. The minimum absolute atomic E-state index is 1.04. The number of imidazole rings is 1. The highest BCUT2D eigenvalue weighted by atomic mass is 14.9. The Hall–Kier alpha value is -2.35. The number of nitrogens with zero attached hydrogens (tertiary/aromatic N) is 1. The Kier molecular flexibility index (Phi) is 2.47. The lowest BCUT2D eigenvalue weighted by molar-refractivity contribution is 1.31. The largest absolute Gasteiger partial charge is 0.345 e. The number of aromatic nitrogens is 2. The van der Waals surface area contributed by atoms with Crippen LogP contribution in [0.1, 0.15) is 0 Å². The molecule has 0 aliphatic carbocycles. The minimum atomic E-state index is 1.04. The zero-order valence-electron chi connectivity index (χ0n) is 9.30. The maximum absolute atomic E-state index is 4.05. The van der Waals surface area contributed by atoms with E-state index in [1.165, 1.54) is 11.1 Å². The normalized spacial score (nSPS) is 10.4. The van der Waals surface area contributed by atoms with Crippen LogP contribution in [0.3, 0.4) is 0 Å². The number of H-pyrrole nitrogens is 1. The zero-order chi connectivity index (χ0) is 11.5. The maximum atomic E-state index is 4.05. The number of hydrogen-bond donors (Lipinski definition) is 1. The Labute approximate surface area is 100.0 Å². The van der Waals surface area contributed by atoms with Crippen molar-refractivity contribution in [3.63, 3.8) is 0 Å². The highest BCUT2D eigenvalue weighted by molar-refractivity contribution is 5.70. The molecule has 1 heterocycles. The summed E-state index contributed by atoms with van der Waals surface area (Å²) >= 11 is 0. The molecule has 0 amide bonds. The third kappa shape index (κ3) is 1.97. The van der Waals surface area contributed by atoms with Gasteiger partial charge in [0.05, 0.1) is 18.2 Å². The van der Waals surface area contributed by atoms with Crippen molar-refractivity contribution in [2.24, 2.45) is 0 Å². The van der Waals surface area contributed by atoms with Crippen molar-refractivity contribution in [2.45, 2.75) is 0 Å². The molecule has 3 rings (SSSR count). The van der Waals surface area contributed by atoms with E-state index in [1.807, 2.05) is 12.3 Å². The standard InChI is InChI=1S/C15H12N2/c1-2-5-12(6-3-1)13-7-4-8-14(9-13)15-10-16-11-17-15/h1-11H,(H,16,17). The molecule has 3 aromatic rings. The molecule has 0 saturated heterocycles. The first-order chi connectivity index (χ1) is 8.43. The van der Waals surface area contributed by atoms with E-state index >= 15 is 0 Å². The molecule has 1 N–H and O–H groups in total. The topological polar surface area (TPSA) is 28.7 Å². The SMILES string of the molecule is c1ccc(-c2cccc(-c3cnc[nH]3)c2)cc1. The lowest BCUT2D eigenvalue weighted by Gasteiger charge is -2.03. The van der Waals surface area contributed by atoms with Crippen LogP contribution in [0.15, 0.2) is 67.1 Å². The summed E-state index contributed by atoms with van der Waals surface area (Å²) in [6.45, 7) is 0. The predicted molar refractivity (Wildman–Crippen MR) is 69.5 cm³/mol. The Bertz CT molecular complexity index is 598. The van der Waals surface area contributed by atoms with E-state index in [1.54, 1.807) is 6.33 Å². The Morgan fingerprint density at radius 2 is 1.53 bits per heavy atom. The van der Waals surface area contributed by atoms with Crippen molar-refractivity contribution < 1.29 is 0 Å². The van der Waals surface area contributed by atoms with Crippen LogP contribution >= 0.6 is 0 Å². The monoisotopic (exact) mass is 220 g/mol. The van der Waals surface area contributed by atoms with Gasteiger partial charge in [-0.25, -0.2) is 4.98 Å². The van der Waals surface area contributed by atoms with Gasteiger partial charge in [-0.3, -0.25) is 0 Å². The molecule has 17 heavy (non-hydrogen) atoms. The molecule has 0 bridgehead atoms. The van der Waals surface area contributed by atoms with Crippen molar-refractivity contribution in [1.29, 1.82) is 0 Å². The number of hydrogen-bond acceptors (Lipinski definition) is 1. The van der Waals surface area contributed by atoms with Crippen molar-refractivity contribution in [2.75, 3.05) is 0 Å². The molecule has 2 heteroatoms. The number of nitrogens with one attached hydrogen (secondary N) is 1. The fourth-order valence-corrected chi connectivity index (χ4v) is 1.91. The van der Waals surface area contributed by atoms with Gasteiger partial charge in [-0.15, -0.1) is 0 Å². The Morgan fingerprint density at radius 3 is 2.29 bits per heavy atom. The van der Waals surface area contributed by atoms with Gasteiger partial charge in [0, 0.05) is 5.56 Å². The van der Waals surface area contributed by atoms with E-state index in [0.717, 1.165) is 11.3 Å². The van der Waals surface area contributed by atoms with Crippen LogP contribution in [-0.4, -0.2) is 9.97 Å². The van der Waals surface area contributed by atoms with E-state index in [9.17, 15) is 0 Å². The van der Waals surface area contributed by atoms with Gasteiger partial charge in [0.1, 0.15) is 0 Å². The molecule has 82 valence electrons. The van der Waals surface area contributed by atoms with Gasteiger partial charge < -0.3 is 4.98 Å². The summed E-state index contributed by atoms with van der Waals surface area (Å²) in [6, 6.07) is 18.8. The molecular formula is C15H12N2. The third-order valence-electron chi connectivity index (χ3n) is 2.78. The number of benzene rings is 2. The first-order valence-electron chi connectivity index (χ1n) is 5.58. The van der Waals surface area contributed by atoms with Crippen LogP contribution in [0.5, 0.6) is 0 Å². The molecule has 2 aromatic carbocycles. The average molecular weight is 220 g/mol. The van der Waals surface area contributed by atoms with Crippen LogP contribution in [0.4, 0.5) is 0 Å². The molecular weight excluding hydrogens is 208 g/mol. The summed E-state index contributed by atoms with van der Waals surface area (Å²) in [5, 5.41) is 0. The van der Waals surface area contributed by atoms with E-state index in [4.69, 9.17) is 0 Å². The molecule has 0 saturated carbocycles. The smallest absolute Gasteiger partial charge is 0.0924 e. The maximum Gasteiger partial charge on any atom is 0.0924 e. The van der Waals surface area contributed by atoms with Gasteiger partial charge in [0.15, 0.2) is 0 Å². The second-order valence-electron chi connectivity index (χ2n) is 3.91. The average Bonchev–Trinajstić information content (AvgIpc) is 2.94. The molecule has 2 nitrogen and oxygen atoms in total. The second kappa shape index (κ2) is 4.26. The molecule has 0 unspecified atom stereocenters. The first-order valence-corrected chi connectivity index (χ1v) is 5.58. The van der Waals surface area contributed by atoms with Crippen molar-refractivity contribution >= 4 is 0 Å². The van der Waals surface area contributed by atoms with Gasteiger partial charge in [-0.1, -0.05) is 48.5 Å². The fraction of sp³-hybridized carbons (Fsp3) is 0. The number of aromatic amines is 1. The summed E-state index contributed by atoms with van der Waals surface area (Å²) < 4.78 is 0. The van der Waals surface area contributed by atoms with Crippen molar-refractivity contribution in [1.82, 2.24) is 9.97 Å². The Balaban J connectivity index is 2.06. The molecule has 0 atom stereocenters. The van der Waals surface area contributed by atoms with Crippen molar-refractivity contribution in [3.8, 4) is 22.4 Å². The predicted octanol–water partition coefficient (Wildman–Crippen LogP) is 3.74. The molecule has 0 aliphatic heterocycles. The molecule has 0 spiro atoms. The van der Waals surface area contributed by atoms with Gasteiger partial charge in [-0.2, -0.15) is 0 Å². The van der Waals surface area contributed by atoms with Crippen LogP contribution in [0, 0.1) is 0 Å². The summed E-state index contributed by atoms with van der Waals surface area (Å²) in [6.07, 6.45) is 3.54. The lowest BCUT2D eigenvalue weighted by atomic mass is 10.0. The number of rotatable bonds is 2. The molecule has 0 fully saturated rings. The summed E-state index contributed by atoms with van der Waals surface area (Å²) in [4.78, 5) is 7.17. The van der Waals surface area contributed by atoms with E-state index in [0.29, 0.717) is 0 Å². The zero-order valence-corrected chi connectivity index (χ0v) is 9.30. The third-order valence-corrected chi connectivity index (χ3v) is 2.78. The minimum Gasteiger partial charge on any atom is -0.345 e. The molecule has 0 radical (unpaired) electrons. The highest BCUT2D eigenvalue weighted by Gasteiger charge is 2.01. The fourth-order valence-electron chi connectivity index (χ4n) is 1.91. The summed E-state index contributed by atoms with van der Waals surface area (Å²) in [5.41, 5.74) is 4.65. The van der Waals surface area contributed by atoms with Crippen molar-refractivity contribution in [3.05, 3.63) is 67.1 Å². The molecule has 0 aliphatic rings. The van der Waals surface area contributed by atoms with E-state index in [-0.39, 0.29) is 0 Å². The van der Waals surface area contributed by atoms with Crippen LogP contribution in [0.2, 0.25) is 0 Å². The van der Waals surface area contributed by atoms with Crippen LogP contribution in [-0.2, 0) is 0 Å². The lowest BCUT2D eigenvalue weighted by Crippen LogP contribution is -1.80. The van der Waals surface area contributed by atoms with Gasteiger partial charge in [-0.05, 0) is 17.2 Å². The van der Waals surface area contributed by atoms with E-state index in [2.05, 4.69) is 58.5 Å². The summed E-state index contributed by atoms with van der Waals surface area (Å²) in [7, 11) is 0. The van der Waals surface area contributed by atoms with Gasteiger partial charge >= 0.3 is 0 Å². The quantitative estimate of drug-likeness (QED) is 0.700. The van der Waals surface area contributed by atoms with Gasteiger partial charge in [0.2, 0.25) is 0 Å². The van der Waals surface area contributed by atoms with E-state index < -0.39 is 0 Å². The van der Waals surface area contributed by atoms with Crippen LogP contribution < -0.4 is 0 Å². The van der Waals surface area contributed by atoms with Crippen LogP contribution in [0.25, 0.3) is 22.4 Å². The molecule has 1 aromatic heterocycles. The summed E-state index contributed by atoms with van der Waals surface area (Å²) in [5.74, 6) is 0. The second-order valence-corrected chi connectivity index (χ2v) is 3.91. The van der Waals surface area contributed by atoms with Gasteiger partial charge in [0.25, 0.3) is 0 Å².